The Morgan fingerprint density at radius 1 is 1.00 bits per heavy atom. The summed E-state index contributed by atoms with van der Waals surface area (Å²) in [5.41, 5.74) is 2.20. The van der Waals surface area contributed by atoms with E-state index < -0.39 is 0 Å². The standard InChI is InChI=1S/C15H14FNO/c1-17(2)15(18)13-7-3-5-11(9-13)12-6-4-8-14(16)10-12/h3-10H,1-2H3. The van der Waals surface area contributed by atoms with Gasteiger partial charge in [-0.25, -0.2) is 4.39 Å². The van der Waals surface area contributed by atoms with Crippen molar-refractivity contribution in [2.75, 3.05) is 14.1 Å². The smallest absolute Gasteiger partial charge is 0.253 e. The number of carbonyl (C=O) groups excluding carboxylic acids is 1. The van der Waals surface area contributed by atoms with Gasteiger partial charge in [-0.2, -0.15) is 0 Å². The molecule has 0 radical (unpaired) electrons. The van der Waals surface area contributed by atoms with Gasteiger partial charge in [0.25, 0.3) is 5.91 Å². The lowest BCUT2D eigenvalue weighted by molar-refractivity contribution is 0.0827. The minimum Gasteiger partial charge on any atom is -0.345 e. The second-order valence-corrected chi connectivity index (χ2v) is 4.29. The molecule has 0 aliphatic carbocycles. The average molecular weight is 243 g/mol. The lowest BCUT2D eigenvalue weighted by atomic mass is 10.0. The molecule has 0 bridgehead atoms. The van der Waals surface area contributed by atoms with Crippen LogP contribution in [0.4, 0.5) is 4.39 Å². The molecule has 0 saturated heterocycles. The maximum atomic E-state index is 13.2. The van der Waals surface area contributed by atoms with Gasteiger partial charge >= 0.3 is 0 Å². The molecule has 2 aromatic rings. The van der Waals surface area contributed by atoms with Crippen molar-refractivity contribution in [3.05, 3.63) is 59.9 Å². The molecule has 0 heterocycles. The Morgan fingerprint density at radius 2 is 1.61 bits per heavy atom. The monoisotopic (exact) mass is 243 g/mol. The molecule has 0 saturated carbocycles. The van der Waals surface area contributed by atoms with Gasteiger partial charge in [0.2, 0.25) is 0 Å². The molecule has 0 fully saturated rings. The molecule has 0 spiro atoms. The van der Waals surface area contributed by atoms with E-state index in [1.165, 1.54) is 17.0 Å². The predicted octanol–water partition coefficient (Wildman–Crippen LogP) is 3.19. The quantitative estimate of drug-likeness (QED) is 0.793. The van der Waals surface area contributed by atoms with Crippen LogP contribution < -0.4 is 0 Å². The van der Waals surface area contributed by atoms with Gasteiger partial charge in [-0.3, -0.25) is 4.79 Å². The van der Waals surface area contributed by atoms with E-state index in [-0.39, 0.29) is 11.7 Å². The zero-order valence-corrected chi connectivity index (χ0v) is 10.4. The molecule has 2 nitrogen and oxygen atoms in total. The van der Waals surface area contributed by atoms with Crippen molar-refractivity contribution < 1.29 is 9.18 Å². The maximum absolute atomic E-state index is 13.2. The van der Waals surface area contributed by atoms with E-state index in [9.17, 15) is 9.18 Å². The van der Waals surface area contributed by atoms with Crippen molar-refractivity contribution in [3.63, 3.8) is 0 Å². The van der Waals surface area contributed by atoms with Crippen molar-refractivity contribution in [1.82, 2.24) is 4.90 Å². The van der Waals surface area contributed by atoms with Crippen molar-refractivity contribution in [2.45, 2.75) is 0 Å². The Morgan fingerprint density at radius 3 is 2.22 bits per heavy atom. The minimum absolute atomic E-state index is 0.0618. The van der Waals surface area contributed by atoms with Crippen LogP contribution in [-0.4, -0.2) is 24.9 Å². The number of nitrogens with zero attached hydrogens (tertiary/aromatic N) is 1. The fourth-order valence-corrected chi connectivity index (χ4v) is 1.76. The third-order valence-corrected chi connectivity index (χ3v) is 2.67. The van der Waals surface area contributed by atoms with Crippen LogP contribution in [0.5, 0.6) is 0 Å². The highest BCUT2D eigenvalue weighted by Gasteiger charge is 2.08. The summed E-state index contributed by atoms with van der Waals surface area (Å²) < 4.78 is 13.2. The van der Waals surface area contributed by atoms with E-state index >= 15 is 0 Å². The van der Waals surface area contributed by atoms with E-state index in [2.05, 4.69) is 0 Å². The van der Waals surface area contributed by atoms with E-state index in [1.54, 1.807) is 38.4 Å². The summed E-state index contributed by atoms with van der Waals surface area (Å²) in [7, 11) is 3.41. The van der Waals surface area contributed by atoms with Crippen LogP contribution in [0.3, 0.4) is 0 Å². The molecular formula is C15H14FNO. The van der Waals surface area contributed by atoms with Gasteiger partial charge in [-0.05, 0) is 35.4 Å². The van der Waals surface area contributed by atoms with Crippen LogP contribution in [0.1, 0.15) is 10.4 Å². The third kappa shape index (κ3) is 2.56. The Labute approximate surface area is 106 Å². The summed E-state index contributed by atoms with van der Waals surface area (Å²) in [6.07, 6.45) is 0. The summed E-state index contributed by atoms with van der Waals surface area (Å²) in [6, 6.07) is 13.5. The van der Waals surface area contributed by atoms with Crippen molar-refractivity contribution in [1.29, 1.82) is 0 Å². The lowest BCUT2D eigenvalue weighted by Crippen LogP contribution is -2.21. The van der Waals surface area contributed by atoms with Crippen LogP contribution in [-0.2, 0) is 0 Å². The second-order valence-electron chi connectivity index (χ2n) is 4.29. The third-order valence-electron chi connectivity index (χ3n) is 2.67. The number of amides is 1. The van der Waals surface area contributed by atoms with Crippen molar-refractivity contribution in [2.24, 2.45) is 0 Å². The SMILES string of the molecule is CN(C)C(=O)c1cccc(-c2cccc(F)c2)c1. The van der Waals surface area contributed by atoms with Crippen LogP contribution in [0.2, 0.25) is 0 Å². The van der Waals surface area contributed by atoms with Gasteiger partial charge < -0.3 is 4.90 Å². The van der Waals surface area contributed by atoms with Crippen LogP contribution in [0, 0.1) is 5.82 Å². The summed E-state index contributed by atoms with van der Waals surface area (Å²) >= 11 is 0. The zero-order chi connectivity index (χ0) is 13.1. The Bertz CT molecular complexity index is 578. The predicted molar refractivity (Wildman–Crippen MR) is 69.9 cm³/mol. The molecule has 0 N–H and O–H groups in total. The van der Waals surface area contributed by atoms with E-state index in [4.69, 9.17) is 0 Å². The first-order valence-corrected chi connectivity index (χ1v) is 5.65. The molecule has 2 aromatic carbocycles. The number of hydrogen-bond acceptors (Lipinski definition) is 1. The highest BCUT2D eigenvalue weighted by atomic mass is 19.1. The fraction of sp³-hybridized carbons (Fsp3) is 0.133. The summed E-state index contributed by atoms with van der Waals surface area (Å²) in [4.78, 5) is 13.4. The van der Waals surface area contributed by atoms with E-state index in [0.29, 0.717) is 5.56 Å². The first kappa shape index (κ1) is 12.3. The molecule has 0 atom stereocenters. The number of rotatable bonds is 2. The number of carbonyl (C=O) groups is 1. The summed E-state index contributed by atoms with van der Waals surface area (Å²) in [5, 5.41) is 0. The average Bonchev–Trinajstić information content (AvgIpc) is 2.38. The lowest BCUT2D eigenvalue weighted by Gasteiger charge is -2.11. The highest BCUT2D eigenvalue weighted by Crippen LogP contribution is 2.21. The van der Waals surface area contributed by atoms with Gasteiger partial charge in [0.1, 0.15) is 5.82 Å². The van der Waals surface area contributed by atoms with Crippen LogP contribution >= 0.6 is 0 Å². The molecule has 18 heavy (non-hydrogen) atoms. The second kappa shape index (κ2) is 5.00. The summed E-state index contributed by atoms with van der Waals surface area (Å²) in [6.45, 7) is 0. The van der Waals surface area contributed by atoms with Gasteiger partial charge in [0, 0.05) is 19.7 Å². The van der Waals surface area contributed by atoms with Crippen LogP contribution in [0.15, 0.2) is 48.5 Å². The first-order chi connectivity index (χ1) is 8.58. The highest BCUT2D eigenvalue weighted by molar-refractivity contribution is 5.95. The Kier molecular flexibility index (Phi) is 3.42. The maximum Gasteiger partial charge on any atom is 0.253 e. The molecule has 0 aliphatic rings. The van der Waals surface area contributed by atoms with E-state index in [0.717, 1.165) is 11.1 Å². The number of benzene rings is 2. The molecule has 0 unspecified atom stereocenters. The molecule has 0 aromatic heterocycles. The minimum atomic E-state index is -0.281. The largest absolute Gasteiger partial charge is 0.345 e. The fourth-order valence-electron chi connectivity index (χ4n) is 1.76. The van der Waals surface area contributed by atoms with Crippen molar-refractivity contribution >= 4 is 5.91 Å². The van der Waals surface area contributed by atoms with E-state index in [1.807, 2.05) is 12.1 Å². The Balaban J connectivity index is 2.42. The molecule has 0 aliphatic heterocycles. The van der Waals surface area contributed by atoms with Gasteiger partial charge in [-0.1, -0.05) is 24.3 Å². The van der Waals surface area contributed by atoms with Gasteiger partial charge in [-0.15, -0.1) is 0 Å². The normalized spacial score (nSPS) is 10.2. The van der Waals surface area contributed by atoms with Crippen molar-refractivity contribution in [3.8, 4) is 11.1 Å². The van der Waals surface area contributed by atoms with Crippen LogP contribution in [0.25, 0.3) is 11.1 Å². The molecular weight excluding hydrogens is 229 g/mol. The molecule has 3 heteroatoms. The number of hydrogen-bond donors (Lipinski definition) is 0. The summed E-state index contributed by atoms with van der Waals surface area (Å²) in [5.74, 6) is -0.343. The topological polar surface area (TPSA) is 20.3 Å². The Hall–Kier alpha value is -2.16. The van der Waals surface area contributed by atoms with Gasteiger partial charge in [0.15, 0.2) is 0 Å². The number of halogens is 1. The molecule has 2 rings (SSSR count). The zero-order valence-electron chi connectivity index (χ0n) is 10.4. The molecule has 1 amide bonds. The first-order valence-electron chi connectivity index (χ1n) is 5.65. The molecule has 92 valence electrons. The van der Waals surface area contributed by atoms with Gasteiger partial charge in [0.05, 0.1) is 0 Å².